The summed E-state index contributed by atoms with van der Waals surface area (Å²) in [7, 11) is 0. The Morgan fingerprint density at radius 2 is 1.85 bits per heavy atom. The molecular weight excluding hydrogens is 348 g/mol. The molecule has 1 N–H and O–H groups in total. The lowest BCUT2D eigenvalue weighted by Crippen LogP contribution is -2.33. The highest BCUT2D eigenvalue weighted by Gasteiger charge is 2.18. The molecule has 4 nitrogen and oxygen atoms in total. The normalized spacial score (nSPS) is 10.5. The zero-order chi connectivity index (χ0) is 19.3. The van der Waals surface area contributed by atoms with Crippen molar-refractivity contribution in [2.75, 3.05) is 16.8 Å². The fraction of sp³-hybridized carbons (Fsp3) is 0.333. The van der Waals surface area contributed by atoms with Gasteiger partial charge < -0.3 is 10.2 Å². The number of nitrogens with one attached hydrogen (secondary N) is 1. The quantitative estimate of drug-likeness (QED) is 0.783. The third kappa shape index (κ3) is 4.85. The zero-order valence-corrected chi connectivity index (χ0v) is 16.5. The second-order valence-corrected chi connectivity index (χ2v) is 6.78. The Morgan fingerprint density at radius 1 is 1.12 bits per heavy atom. The van der Waals surface area contributed by atoms with Crippen molar-refractivity contribution in [3.63, 3.8) is 0 Å². The number of para-hydroxylation sites is 1. The average molecular weight is 373 g/mol. The minimum absolute atomic E-state index is 0.0693. The van der Waals surface area contributed by atoms with Crippen molar-refractivity contribution in [2.45, 2.75) is 40.5 Å². The minimum atomic E-state index is -0.150. The Morgan fingerprint density at radius 3 is 2.46 bits per heavy atom. The van der Waals surface area contributed by atoms with Crippen LogP contribution in [0.15, 0.2) is 36.4 Å². The molecule has 0 radical (unpaired) electrons. The van der Waals surface area contributed by atoms with Gasteiger partial charge in [-0.2, -0.15) is 0 Å². The SMILES string of the molecule is CCc1cccc(C)c1N(CCC(=O)Nc1ccc(C)c(Cl)c1)C(C)=O. The smallest absolute Gasteiger partial charge is 0.226 e. The van der Waals surface area contributed by atoms with E-state index in [1.54, 1.807) is 11.0 Å². The van der Waals surface area contributed by atoms with Crippen LogP contribution >= 0.6 is 11.6 Å². The maximum Gasteiger partial charge on any atom is 0.226 e. The molecule has 26 heavy (non-hydrogen) atoms. The van der Waals surface area contributed by atoms with Gasteiger partial charge in [0.25, 0.3) is 0 Å². The zero-order valence-electron chi connectivity index (χ0n) is 15.7. The Bertz CT molecular complexity index is 818. The summed E-state index contributed by atoms with van der Waals surface area (Å²) in [5, 5.41) is 3.45. The molecule has 138 valence electrons. The molecular formula is C21H25ClN2O2. The first kappa shape index (κ1) is 20.0. The van der Waals surface area contributed by atoms with Gasteiger partial charge in [0.1, 0.15) is 0 Å². The summed E-state index contributed by atoms with van der Waals surface area (Å²) >= 11 is 6.09. The molecule has 0 spiro atoms. The number of nitrogens with zero attached hydrogens (tertiary/aromatic N) is 1. The van der Waals surface area contributed by atoms with Gasteiger partial charge in [0.15, 0.2) is 0 Å². The molecule has 0 aliphatic carbocycles. The highest BCUT2D eigenvalue weighted by atomic mass is 35.5. The molecule has 0 atom stereocenters. The molecule has 0 bridgehead atoms. The van der Waals surface area contributed by atoms with Crippen molar-refractivity contribution in [3.05, 3.63) is 58.1 Å². The Balaban J connectivity index is 2.10. The molecule has 5 heteroatoms. The number of halogens is 1. The fourth-order valence-corrected chi connectivity index (χ4v) is 3.11. The maximum absolute atomic E-state index is 12.3. The van der Waals surface area contributed by atoms with Crippen LogP contribution in [0.3, 0.4) is 0 Å². The molecule has 2 aromatic rings. The number of amides is 2. The van der Waals surface area contributed by atoms with E-state index in [-0.39, 0.29) is 18.2 Å². The van der Waals surface area contributed by atoms with Gasteiger partial charge in [-0.15, -0.1) is 0 Å². The summed E-state index contributed by atoms with van der Waals surface area (Å²) in [6.07, 6.45) is 1.04. The van der Waals surface area contributed by atoms with Crippen LogP contribution in [0, 0.1) is 13.8 Å². The van der Waals surface area contributed by atoms with E-state index >= 15 is 0 Å². The van der Waals surface area contributed by atoms with Gasteiger partial charge in [0, 0.05) is 36.3 Å². The third-order valence-electron chi connectivity index (χ3n) is 4.37. The van der Waals surface area contributed by atoms with Crippen molar-refractivity contribution in [3.8, 4) is 0 Å². The Labute approximate surface area is 160 Å². The van der Waals surface area contributed by atoms with E-state index in [0.29, 0.717) is 17.3 Å². The molecule has 2 aromatic carbocycles. The number of rotatable bonds is 6. The van der Waals surface area contributed by atoms with Gasteiger partial charge in [0.2, 0.25) is 11.8 Å². The lowest BCUT2D eigenvalue weighted by Gasteiger charge is -2.25. The molecule has 2 amide bonds. The summed E-state index contributed by atoms with van der Waals surface area (Å²) in [6, 6.07) is 11.4. The van der Waals surface area contributed by atoms with Crippen LogP contribution in [0.1, 0.15) is 37.0 Å². The molecule has 0 aromatic heterocycles. The molecule has 2 rings (SSSR count). The Hall–Kier alpha value is -2.33. The van der Waals surface area contributed by atoms with Crippen molar-refractivity contribution < 1.29 is 9.59 Å². The average Bonchev–Trinajstić information content (AvgIpc) is 2.59. The van der Waals surface area contributed by atoms with E-state index in [1.807, 2.05) is 44.2 Å². The highest BCUT2D eigenvalue weighted by Crippen LogP contribution is 2.26. The van der Waals surface area contributed by atoms with E-state index in [9.17, 15) is 9.59 Å². The number of hydrogen-bond donors (Lipinski definition) is 1. The number of hydrogen-bond acceptors (Lipinski definition) is 2. The van der Waals surface area contributed by atoms with Crippen LogP contribution in [0.2, 0.25) is 5.02 Å². The van der Waals surface area contributed by atoms with E-state index in [0.717, 1.165) is 28.8 Å². The van der Waals surface area contributed by atoms with E-state index in [2.05, 4.69) is 12.2 Å². The van der Waals surface area contributed by atoms with Crippen LogP contribution in [0.5, 0.6) is 0 Å². The largest absolute Gasteiger partial charge is 0.326 e. The van der Waals surface area contributed by atoms with Crippen LogP contribution in [0.4, 0.5) is 11.4 Å². The van der Waals surface area contributed by atoms with Gasteiger partial charge in [-0.25, -0.2) is 0 Å². The first-order valence-corrected chi connectivity index (χ1v) is 9.13. The molecule has 0 aliphatic rings. The number of aryl methyl sites for hydroxylation is 3. The summed E-state index contributed by atoms with van der Waals surface area (Å²) in [4.78, 5) is 26.2. The monoisotopic (exact) mass is 372 g/mol. The predicted molar refractivity (Wildman–Crippen MR) is 108 cm³/mol. The number of benzene rings is 2. The first-order valence-electron chi connectivity index (χ1n) is 8.76. The second-order valence-electron chi connectivity index (χ2n) is 6.37. The fourth-order valence-electron chi connectivity index (χ4n) is 2.93. The molecule has 0 unspecified atom stereocenters. The summed E-state index contributed by atoms with van der Waals surface area (Å²) in [5.41, 5.74) is 4.66. The first-order chi connectivity index (χ1) is 12.3. The van der Waals surface area contributed by atoms with Crippen LogP contribution < -0.4 is 10.2 Å². The van der Waals surface area contributed by atoms with Crippen molar-refractivity contribution in [1.29, 1.82) is 0 Å². The highest BCUT2D eigenvalue weighted by molar-refractivity contribution is 6.31. The maximum atomic E-state index is 12.3. The summed E-state index contributed by atoms with van der Waals surface area (Å²) < 4.78 is 0. The van der Waals surface area contributed by atoms with Crippen molar-refractivity contribution in [1.82, 2.24) is 0 Å². The number of anilines is 2. The van der Waals surface area contributed by atoms with Gasteiger partial charge >= 0.3 is 0 Å². The molecule has 0 aliphatic heterocycles. The lowest BCUT2D eigenvalue weighted by molar-refractivity contribution is -0.117. The second kappa shape index (κ2) is 8.86. The van der Waals surface area contributed by atoms with Crippen molar-refractivity contribution >= 4 is 34.8 Å². The van der Waals surface area contributed by atoms with Crippen LogP contribution in [-0.4, -0.2) is 18.4 Å². The summed E-state index contributed by atoms with van der Waals surface area (Å²) in [5.74, 6) is -0.219. The predicted octanol–water partition coefficient (Wildman–Crippen LogP) is 4.90. The molecule has 0 saturated carbocycles. The van der Waals surface area contributed by atoms with E-state index in [4.69, 9.17) is 11.6 Å². The number of carbonyl (C=O) groups excluding carboxylic acids is 2. The lowest BCUT2D eigenvalue weighted by atomic mass is 10.0. The molecule has 0 heterocycles. The molecule has 0 saturated heterocycles. The van der Waals surface area contributed by atoms with Crippen molar-refractivity contribution in [2.24, 2.45) is 0 Å². The van der Waals surface area contributed by atoms with Crippen LogP contribution in [-0.2, 0) is 16.0 Å². The van der Waals surface area contributed by atoms with Gasteiger partial charge in [-0.1, -0.05) is 42.8 Å². The van der Waals surface area contributed by atoms with E-state index in [1.165, 1.54) is 6.92 Å². The topological polar surface area (TPSA) is 49.4 Å². The van der Waals surface area contributed by atoms with Gasteiger partial charge in [-0.3, -0.25) is 9.59 Å². The third-order valence-corrected chi connectivity index (χ3v) is 4.78. The minimum Gasteiger partial charge on any atom is -0.326 e. The van der Waals surface area contributed by atoms with Gasteiger partial charge in [-0.05, 0) is 49.1 Å². The molecule has 0 fully saturated rings. The van der Waals surface area contributed by atoms with Gasteiger partial charge in [0.05, 0.1) is 0 Å². The number of carbonyl (C=O) groups is 2. The Kier molecular flexibility index (Phi) is 6.81. The van der Waals surface area contributed by atoms with Crippen LogP contribution in [0.25, 0.3) is 0 Å². The van der Waals surface area contributed by atoms with E-state index < -0.39 is 0 Å². The standard InChI is InChI=1S/C21H25ClN2O2/c1-5-17-8-6-7-15(3)21(17)24(16(4)25)12-11-20(26)23-18-10-9-14(2)19(22)13-18/h6-10,13H,5,11-12H2,1-4H3,(H,23,26). The summed E-state index contributed by atoms with van der Waals surface area (Å²) in [6.45, 7) is 7.82.